The number of fused-ring (bicyclic) bond motifs is 1. The highest BCUT2D eigenvalue weighted by Gasteiger charge is 2.41. The lowest BCUT2D eigenvalue weighted by molar-refractivity contribution is 0.201. The average molecular weight is 269 g/mol. The van der Waals surface area contributed by atoms with Crippen molar-refractivity contribution < 1.29 is 8.42 Å². The molecule has 0 aromatic carbocycles. The second-order valence-electron chi connectivity index (χ2n) is 5.39. The first-order valence-electron chi connectivity index (χ1n) is 6.59. The molecule has 1 aromatic rings. The van der Waals surface area contributed by atoms with Crippen molar-refractivity contribution in [3.05, 3.63) is 12.5 Å². The summed E-state index contributed by atoms with van der Waals surface area (Å²) in [6.07, 6.45) is 8.64. The first kappa shape index (κ1) is 12.2. The van der Waals surface area contributed by atoms with Gasteiger partial charge in [-0.05, 0) is 31.6 Å². The van der Waals surface area contributed by atoms with E-state index in [-0.39, 0.29) is 11.1 Å². The lowest BCUT2D eigenvalue weighted by atomic mass is 9.94. The van der Waals surface area contributed by atoms with Crippen LogP contribution in [-0.2, 0) is 17.1 Å². The van der Waals surface area contributed by atoms with E-state index in [1.807, 2.05) is 0 Å². The Bertz CT molecular complexity index is 537. The molecule has 2 heterocycles. The van der Waals surface area contributed by atoms with Crippen LogP contribution in [-0.4, -0.2) is 34.9 Å². The molecule has 2 unspecified atom stereocenters. The van der Waals surface area contributed by atoms with Crippen LogP contribution in [0, 0.1) is 5.92 Å². The zero-order valence-electron chi connectivity index (χ0n) is 10.6. The maximum atomic E-state index is 12.6. The third kappa shape index (κ3) is 1.87. The molecule has 3 rings (SSSR count). The molecule has 2 aliphatic rings. The van der Waals surface area contributed by atoms with E-state index in [1.165, 1.54) is 12.8 Å². The SMILES string of the molecule is Cn1cnc(S(=O)(=O)N2CCCC3CCCC32)c1. The molecule has 2 atom stereocenters. The van der Waals surface area contributed by atoms with Crippen LogP contribution in [0.25, 0.3) is 0 Å². The highest BCUT2D eigenvalue weighted by atomic mass is 32.2. The molecular weight excluding hydrogens is 250 g/mol. The monoisotopic (exact) mass is 269 g/mol. The maximum absolute atomic E-state index is 12.6. The lowest BCUT2D eigenvalue weighted by Crippen LogP contribution is -2.46. The number of sulfonamides is 1. The number of rotatable bonds is 2. The van der Waals surface area contributed by atoms with E-state index in [0.717, 1.165) is 19.3 Å². The maximum Gasteiger partial charge on any atom is 0.262 e. The summed E-state index contributed by atoms with van der Waals surface area (Å²) in [5, 5.41) is 0.192. The van der Waals surface area contributed by atoms with E-state index in [9.17, 15) is 8.42 Å². The van der Waals surface area contributed by atoms with E-state index in [4.69, 9.17) is 0 Å². The zero-order valence-corrected chi connectivity index (χ0v) is 11.4. The Balaban J connectivity index is 1.93. The second-order valence-corrected chi connectivity index (χ2v) is 7.23. The van der Waals surface area contributed by atoms with Gasteiger partial charge in [-0.2, -0.15) is 4.31 Å². The fourth-order valence-electron chi connectivity index (χ4n) is 3.35. The van der Waals surface area contributed by atoms with Crippen LogP contribution >= 0.6 is 0 Å². The fraction of sp³-hybridized carbons (Fsp3) is 0.750. The number of aryl methyl sites for hydroxylation is 1. The number of piperidine rings is 1. The Hall–Kier alpha value is -0.880. The molecule has 0 spiro atoms. The molecule has 0 radical (unpaired) electrons. The van der Waals surface area contributed by atoms with E-state index in [1.54, 1.807) is 28.4 Å². The van der Waals surface area contributed by atoms with Gasteiger partial charge in [-0.15, -0.1) is 0 Å². The molecule has 100 valence electrons. The van der Waals surface area contributed by atoms with Crippen LogP contribution in [0.15, 0.2) is 17.6 Å². The number of hydrogen-bond donors (Lipinski definition) is 0. The second kappa shape index (κ2) is 4.35. The van der Waals surface area contributed by atoms with Gasteiger partial charge >= 0.3 is 0 Å². The number of aromatic nitrogens is 2. The quantitative estimate of drug-likeness (QED) is 0.815. The van der Waals surface area contributed by atoms with Gasteiger partial charge in [0, 0.05) is 25.8 Å². The Morgan fingerprint density at radius 3 is 2.78 bits per heavy atom. The van der Waals surface area contributed by atoms with Crippen molar-refractivity contribution in [2.24, 2.45) is 13.0 Å². The molecule has 2 fully saturated rings. The van der Waals surface area contributed by atoms with Crippen LogP contribution in [0.3, 0.4) is 0 Å². The third-order valence-electron chi connectivity index (χ3n) is 4.20. The first-order valence-corrected chi connectivity index (χ1v) is 8.03. The minimum atomic E-state index is -3.39. The topological polar surface area (TPSA) is 55.2 Å². The Labute approximate surface area is 108 Å². The minimum Gasteiger partial charge on any atom is -0.339 e. The van der Waals surface area contributed by atoms with Crippen molar-refractivity contribution in [2.45, 2.75) is 43.2 Å². The van der Waals surface area contributed by atoms with Crippen molar-refractivity contribution in [3.8, 4) is 0 Å². The number of imidazole rings is 1. The predicted molar refractivity (Wildman–Crippen MR) is 67.5 cm³/mol. The van der Waals surface area contributed by atoms with Gasteiger partial charge in [-0.1, -0.05) is 6.42 Å². The zero-order chi connectivity index (χ0) is 12.8. The van der Waals surface area contributed by atoms with Crippen molar-refractivity contribution >= 4 is 10.0 Å². The molecule has 0 bridgehead atoms. The minimum absolute atomic E-state index is 0.192. The summed E-state index contributed by atoms with van der Waals surface area (Å²) < 4.78 is 28.6. The van der Waals surface area contributed by atoms with Crippen molar-refractivity contribution in [1.29, 1.82) is 0 Å². The van der Waals surface area contributed by atoms with Gasteiger partial charge in [0.1, 0.15) is 0 Å². The number of nitrogens with zero attached hydrogens (tertiary/aromatic N) is 3. The molecule has 1 saturated heterocycles. The summed E-state index contributed by atoms with van der Waals surface area (Å²) in [5.41, 5.74) is 0. The molecule has 6 heteroatoms. The Morgan fingerprint density at radius 2 is 2.06 bits per heavy atom. The van der Waals surface area contributed by atoms with Crippen molar-refractivity contribution in [3.63, 3.8) is 0 Å². The standard InChI is InChI=1S/C12H19N3O2S/c1-14-8-12(13-9-14)18(16,17)15-7-3-5-10-4-2-6-11(10)15/h8-11H,2-7H2,1H3. The number of hydrogen-bond acceptors (Lipinski definition) is 3. The fourth-order valence-corrected chi connectivity index (χ4v) is 5.07. The normalized spacial score (nSPS) is 29.4. The van der Waals surface area contributed by atoms with Gasteiger partial charge in [-0.3, -0.25) is 0 Å². The van der Waals surface area contributed by atoms with E-state index < -0.39 is 10.0 Å². The smallest absolute Gasteiger partial charge is 0.262 e. The Morgan fingerprint density at radius 1 is 1.28 bits per heavy atom. The molecule has 0 N–H and O–H groups in total. The molecule has 1 aliphatic carbocycles. The summed E-state index contributed by atoms with van der Waals surface area (Å²) in [6.45, 7) is 0.653. The van der Waals surface area contributed by atoms with Gasteiger partial charge < -0.3 is 4.57 Å². The molecule has 1 saturated carbocycles. The lowest BCUT2D eigenvalue weighted by Gasteiger charge is -2.36. The van der Waals surface area contributed by atoms with Gasteiger partial charge in [0.05, 0.1) is 6.33 Å². The highest BCUT2D eigenvalue weighted by Crippen LogP contribution is 2.39. The summed E-state index contributed by atoms with van der Waals surface area (Å²) >= 11 is 0. The van der Waals surface area contributed by atoms with E-state index in [2.05, 4.69) is 4.98 Å². The van der Waals surface area contributed by atoms with Crippen molar-refractivity contribution in [1.82, 2.24) is 13.9 Å². The summed E-state index contributed by atoms with van der Waals surface area (Å²) in [6, 6.07) is 0.214. The van der Waals surface area contributed by atoms with Crippen molar-refractivity contribution in [2.75, 3.05) is 6.54 Å². The predicted octanol–water partition coefficient (Wildman–Crippen LogP) is 1.37. The van der Waals surface area contributed by atoms with Crippen LogP contribution in [0.2, 0.25) is 0 Å². The Kier molecular flexibility index (Phi) is 2.94. The van der Waals surface area contributed by atoms with Crippen LogP contribution in [0.5, 0.6) is 0 Å². The van der Waals surface area contributed by atoms with Crippen LogP contribution in [0.1, 0.15) is 32.1 Å². The largest absolute Gasteiger partial charge is 0.339 e. The molecule has 1 aromatic heterocycles. The van der Waals surface area contributed by atoms with E-state index >= 15 is 0 Å². The van der Waals surface area contributed by atoms with Gasteiger partial charge in [0.15, 0.2) is 5.03 Å². The summed E-state index contributed by atoms with van der Waals surface area (Å²) in [4.78, 5) is 4.01. The molecule has 5 nitrogen and oxygen atoms in total. The molecular formula is C12H19N3O2S. The summed E-state index contributed by atoms with van der Waals surface area (Å²) in [5.74, 6) is 0.567. The van der Waals surface area contributed by atoms with Crippen LogP contribution < -0.4 is 0 Å². The summed E-state index contributed by atoms with van der Waals surface area (Å²) in [7, 11) is -1.60. The molecule has 18 heavy (non-hydrogen) atoms. The van der Waals surface area contributed by atoms with E-state index in [0.29, 0.717) is 12.5 Å². The van der Waals surface area contributed by atoms with Gasteiger partial charge in [0.2, 0.25) is 0 Å². The first-order chi connectivity index (χ1) is 8.59. The highest BCUT2D eigenvalue weighted by molar-refractivity contribution is 7.89. The average Bonchev–Trinajstić information content (AvgIpc) is 2.96. The molecule has 0 amide bonds. The van der Waals surface area contributed by atoms with Crippen LogP contribution in [0.4, 0.5) is 0 Å². The molecule has 1 aliphatic heterocycles. The third-order valence-corrected chi connectivity index (χ3v) is 6.01. The van der Waals surface area contributed by atoms with Gasteiger partial charge in [0.25, 0.3) is 10.0 Å². The van der Waals surface area contributed by atoms with Gasteiger partial charge in [-0.25, -0.2) is 13.4 Å².